The minimum Gasteiger partial charge on any atom is -0.383 e. The Morgan fingerprint density at radius 2 is 1.87 bits per heavy atom. The van der Waals surface area contributed by atoms with E-state index in [1.165, 1.54) is 12.1 Å². The largest absolute Gasteiger partial charge is 0.383 e. The molecule has 0 saturated carbocycles. The summed E-state index contributed by atoms with van der Waals surface area (Å²) >= 11 is 0. The predicted molar refractivity (Wildman–Crippen MR) is 154 cm³/mol. The van der Waals surface area contributed by atoms with Crippen LogP contribution in [0.2, 0.25) is 0 Å². The number of carbonyl (C=O) groups excluding carboxylic acids is 1. The summed E-state index contributed by atoms with van der Waals surface area (Å²) in [7, 11) is 1.64. The second-order valence-electron chi connectivity index (χ2n) is 9.45. The highest BCUT2D eigenvalue weighted by molar-refractivity contribution is 6.12. The first kappa shape index (κ1) is 30.5. The van der Waals surface area contributed by atoms with Gasteiger partial charge in [-0.1, -0.05) is 24.3 Å². The highest BCUT2D eigenvalue weighted by Gasteiger charge is 2.29. The number of pyridine rings is 1. The molecule has 1 aliphatic heterocycles. The molecule has 0 unspecified atom stereocenters. The number of likely N-dealkylation sites (tertiary alicyclic amines) is 1. The summed E-state index contributed by atoms with van der Waals surface area (Å²) in [4.78, 5) is 19.7. The lowest BCUT2D eigenvalue weighted by atomic mass is 9.88. The van der Waals surface area contributed by atoms with Gasteiger partial charge in [-0.2, -0.15) is 0 Å². The number of carbonyl (C=O) groups is 1. The molecule has 1 amide bonds. The molecular formula is C29H32Cl2F2N4O2. The Morgan fingerprint density at radius 1 is 1.10 bits per heavy atom. The lowest BCUT2D eigenvalue weighted by Gasteiger charge is -2.32. The molecule has 10 heteroatoms. The summed E-state index contributed by atoms with van der Waals surface area (Å²) < 4.78 is 35.9. The maximum absolute atomic E-state index is 14.6. The van der Waals surface area contributed by atoms with Crippen LogP contribution in [-0.4, -0.2) is 47.2 Å². The minimum atomic E-state index is -0.436. The monoisotopic (exact) mass is 576 g/mol. The van der Waals surface area contributed by atoms with E-state index in [0.29, 0.717) is 62.3 Å². The molecule has 3 heterocycles. The van der Waals surface area contributed by atoms with Gasteiger partial charge in [0, 0.05) is 62.1 Å². The Labute approximate surface area is 239 Å². The third-order valence-corrected chi connectivity index (χ3v) is 7.21. The average Bonchev–Trinajstić information content (AvgIpc) is 3.30. The lowest BCUT2D eigenvalue weighted by Crippen LogP contribution is -2.38. The molecule has 2 N–H and O–H groups in total. The molecule has 1 fully saturated rings. The van der Waals surface area contributed by atoms with Crippen molar-refractivity contribution in [3.05, 3.63) is 89.4 Å². The smallest absolute Gasteiger partial charge is 0.256 e. The number of hydrogen-bond donors (Lipinski definition) is 1. The molecule has 5 rings (SSSR count). The van der Waals surface area contributed by atoms with E-state index in [1.807, 2.05) is 39.9 Å². The van der Waals surface area contributed by atoms with Crippen molar-refractivity contribution < 1.29 is 18.3 Å². The van der Waals surface area contributed by atoms with Crippen molar-refractivity contribution in [2.24, 2.45) is 5.73 Å². The number of aromatic nitrogens is 2. The number of hydrogen-bond acceptors (Lipinski definition) is 4. The van der Waals surface area contributed by atoms with Gasteiger partial charge in [-0.25, -0.2) is 8.78 Å². The molecule has 1 saturated heterocycles. The Balaban J connectivity index is 0.00000210. The summed E-state index contributed by atoms with van der Waals surface area (Å²) in [5.41, 5.74) is 10.1. The second-order valence-corrected chi connectivity index (χ2v) is 9.45. The average molecular weight is 578 g/mol. The van der Waals surface area contributed by atoms with Gasteiger partial charge < -0.3 is 19.9 Å². The fourth-order valence-electron chi connectivity index (χ4n) is 5.29. The summed E-state index contributed by atoms with van der Waals surface area (Å²) in [6, 6.07) is 12.2. The van der Waals surface area contributed by atoms with Crippen molar-refractivity contribution in [3.63, 3.8) is 0 Å². The van der Waals surface area contributed by atoms with Crippen molar-refractivity contribution >= 4 is 41.6 Å². The van der Waals surface area contributed by atoms with Crippen LogP contribution >= 0.6 is 24.8 Å². The Bertz CT molecular complexity index is 1440. The predicted octanol–water partition coefficient (Wildman–Crippen LogP) is 5.95. The standard InChI is InChI=1S/C29H30F2N4O2.2ClH/c1-37-12-11-35-18-25(28-23(3-2-4-27(28)35)21-14-22(30)17-33-16-21)29(36)34-9-7-20(8-10-34)24-13-19(15-32)5-6-26(24)31;;/h2-6,13-14,16-18,20H,7-12,15,32H2,1H3;2*1H. The molecule has 6 nitrogen and oxygen atoms in total. The summed E-state index contributed by atoms with van der Waals surface area (Å²) in [6.07, 6.45) is 5.96. The topological polar surface area (TPSA) is 73.4 Å². The molecule has 39 heavy (non-hydrogen) atoms. The SMILES string of the molecule is COCCn1cc(C(=O)N2CCC(c3cc(CN)ccc3F)CC2)c2c(-c3cncc(F)c3)cccc21.Cl.Cl. The van der Waals surface area contributed by atoms with Crippen LogP contribution in [-0.2, 0) is 17.8 Å². The van der Waals surface area contributed by atoms with Gasteiger partial charge in [0.1, 0.15) is 11.6 Å². The van der Waals surface area contributed by atoms with Gasteiger partial charge in [-0.15, -0.1) is 24.8 Å². The van der Waals surface area contributed by atoms with Crippen LogP contribution in [0, 0.1) is 11.6 Å². The van der Waals surface area contributed by atoms with Gasteiger partial charge in [0.2, 0.25) is 0 Å². The van der Waals surface area contributed by atoms with E-state index in [1.54, 1.807) is 19.4 Å². The maximum Gasteiger partial charge on any atom is 0.256 e. The number of methoxy groups -OCH3 is 1. The fraction of sp³-hybridized carbons (Fsp3) is 0.310. The molecule has 0 atom stereocenters. The van der Waals surface area contributed by atoms with Crippen LogP contribution in [0.15, 0.2) is 61.1 Å². The van der Waals surface area contributed by atoms with Gasteiger partial charge >= 0.3 is 0 Å². The molecule has 2 aromatic heterocycles. The van der Waals surface area contributed by atoms with Crippen molar-refractivity contribution in [1.82, 2.24) is 14.5 Å². The second kappa shape index (κ2) is 13.3. The molecule has 0 spiro atoms. The number of benzene rings is 2. The van der Waals surface area contributed by atoms with Gasteiger partial charge in [0.25, 0.3) is 5.91 Å². The van der Waals surface area contributed by atoms with E-state index in [-0.39, 0.29) is 42.5 Å². The third kappa shape index (κ3) is 6.25. The van der Waals surface area contributed by atoms with E-state index in [0.717, 1.165) is 28.2 Å². The zero-order chi connectivity index (χ0) is 25.9. The summed E-state index contributed by atoms with van der Waals surface area (Å²) in [5.74, 6) is -0.717. The van der Waals surface area contributed by atoms with Gasteiger partial charge in [0.05, 0.1) is 18.4 Å². The Kier molecular flexibility index (Phi) is 10.4. The quantitative estimate of drug-likeness (QED) is 0.295. The molecule has 0 bridgehead atoms. The number of amides is 1. The van der Waals surface area contributed by atoms with Crippen molar-refractivity contribution in [3.8, 4) is 11.1 Å². The Hall–Kier alpha value is -3.04. The minimum absolute atomic E-state index is 0. The summed E-state index contributed by atoms with van der Waals surface area (Å²) in [6.45, 7) is 2.46. The van der Waals surface area contributed by atoms with E-state index in [4.69, 9.17) is 10.5 Å². The normalized spacial score (nSPS) is 13.7. The van der Waals surface area contributed by atoms with Crippen LogP contribution in [0.5, 0.6) is 0 Å². The number of nitrogens with two attached hydrogens (primary N) is 1. The molecule has 1 aliphatic rings. The third-order valence-electron chi connectivity index (χ3n) is 7.21. The Morgan fingerprint density at radius 3 is 2.56 bits per heavy atom. The maximum atomic E-state index is 14.6. The van der Waals surface area contributed by atoms with E-state index in [2.05, 4.69) is 4.98 Å². The van der Waals surface area contributed by atoms with Crippen LogP contribution < -0.4 is 5.73 Å². The van der Waals surface area contributed by atoms with Crippen LogP contribution in [0.25, 0.3) is 22.0 Å². The van der Waals surface area contributed by atoms with Crippen molar-refractivity contribution in [1.29, 1.82) is 0 Å². The van der Waals surface area contributed by atoms with Crippen LogP contribution in [0.3, 0.4) is 0 Å². The number of rotatable bonds is 7. The van der Waals surface area contributed by atoms with Crippen LogP contribution in [0.4, 0.5) is 8.78 Å². The summed E-state index contributed by atoms with van der Waals surface area (Å²) in [5, 5.41) is 0.764. The first-order valence-corrected chi connectivity index (χ1v) is 12.5. The molecule has 0 radical (unpaired) electrons. The highest BCUT2D eigenvalue weighted by Crippen LogP contribution is 2.35. The van der Waals surface area contributed by atoms with E-state index < -0.39 is 5.82 Å². The number of ether oxygens (including phenoxy) is 1. The number of nitrogens with zero attached hydrogens (tertiary/aromatic N) is 3. The van der Waals surface area contributed by atoms with Crippen LogP contribution in [0.1, 0.15) is 40.2 Å². The molecular weight excluding hydrogens is 545 g/mol. The zero-order valence-electron chi connectivity index (χ0n) is 21.6. The van der Waals surface area contributed by atoms with E-state index >= 15 is 0 Å². The first-order chi connectivity index (χ1) is 18.0. The van der Waals surface area contributed by atoms with Gasteiger partial charge in [0.15, 0.2) is 0 Å². The molecule has 208 valence electrons. The molecule has 0 aliphatic carbocycles. The first-order valence-electron chi connectivity index (χ1n) is 12.5. The fourth-order valence-corrected chi connectivity index (χ4v) is 5.29. The number of fused-ring (bicyclic) bond motifs is 1. The van der Waals surface area contributed by atoms with E-state index in [9.17, 15) is 13.6 Å². The van der Waals surface area contributed by atoms with Crippen molar-refractivity contribution in [2.75, 3.05) is 26.8 Å². The zero-order valence-corrected chi connectivity index (χ0v) is 23.2. The highest BCUT2D eigenvalue weighted by atomic mass is 35.5. The number of halogens is 4. The lowest BCUT2D eigenvalue weighted by molar-refractivity contribution is 0.0714. The molecule has 2 aromatic carbocycles. The molecule has 4 aromatic rings. The van der Waals surface area contributed by atoms with Gasteiger partial charge in [-0.3, -0.25) is 9.78 Å². The van der Waals surface area contributed by atoms with Crippen molar-refractivity contribution in [2.45, 2.75) is 31.8 Å². The number of piperidine rings is 1. The van der Waals surface area contributed by atoms with Gasteiger partial charge in [-0.05, 0) is 53.6 Å².